The number of quaternary nitrogens is 2. The Morgan fingerprint density at radius 3 is 1.76 bits per heavy atom. The molecule has 6 fully saturated rings. The van der Waals surface area contributed by atoms with E-state index in [1.165, 1.54) is 25.7 Å². The molecule has 10 atom stereocenters. The number of piperazine rings is 2. The zero-order valence-electron chi connectivity index (χ0n) is 29.4. The van der Waals surface area contributed by atoms with E-state index in [0.29, 0.717) is 35.8 Å². The lowest BCUT2D eigenvalue weighted by molar-refractivity contribution is -0.894. The van der Waals surface area contributed by atoms with Crippen molar-refractivity contribution < 1.29 is 62.0 Å². The Balaban J connectivity index is 0.00000230. The van der Waals surface area contributed by atoms with Crippen molar-refractivity contribution in [2.45, 2.75) is 96.9 Å². The molecule has 0 amide bonds. The molecule has 10 heteroatoms. The summed E-state index contributed by atoms with van der Waals surface area (Å²) in [5, 5.41) is 0. The van der Waals surface area contributed by atoms with Crippen LogP contribution in [0, 0.1) is 34.5 Å². The number of rotatable bonds is 4. The Morgan fingerprint density at radius 1 is 0.689 bits per heavy atom. The summed E-state index contributed by atoms with van der Waals surface area (Å²) in [4.78, 5) is 30.2. The number of esters is 2. The third kappa shape index (κ3) is 7.08. The lowest BCUT2D eigenvalue weighted by atomic mass is 9.44. The average molecular weight is 763 g/mol. The van der Waals surface area contributed by atoms with Gasteiger partial charge < -0.3 is 52.4 Å². The van der Waals surface area contributed by atoms with E-state index in [2.05, 4.69) is 51.8 Å². The summed E-state index contributed by atoms with van der Waals surface area (Å²) in [5.41, 5.74) is 0.308. The molecule has 4 aliphatic carbocycles. The maximum Gasteiger partial charge on any atom is 0.302 e. The van der Waals surface area contributed by atoms with E-state index >= 15 is 0 Å². The number of fused-ring (bicyclic) bond motifs is 5. The fourth-order valence-electron chi connectivity index (χ4n) is 11.4. The minimum Gasteiger partial charge on any atom is -1.00 e. The van der Waals surface area contributed by atoms with Crippen LogP contribution in [0.1, 0.15) is 72.6 Å². The topological polar surface area (TPSA) is 59.1 Å². The average Bonchev–Trinajstić information content (AvgIpc) is 3.20. The first-order valence-electron chi connectivity index (χ1n) is 17.6. The van der Waals surface area contributed by atoms with Crippen LogP contribution in [0.15, 0.2) is 0 Å². The molecular formula is C35H62Br2N4O4. The van der Waals surface area contributed by atoms with Crippen molar-refractivity contribution in [1.29, 1.82) is 0 Å². The highest BCUT2D eigenvalue weighted by Crippen LogP contribution is 2.67. The van der Waals surface area contributed by atoms with Gasteiger partial charge in [0.05, 0.1) is 54.4 Å². The van der Waals surface area contributed by atoms with Crippen LogP contribution in [-0.2, 0) is 19.1 Å². The molecule has 6 aliphatic rings. The Bertz CT molecular complexity index is 1070. The molecule has 0 N–H and O–H groups in total. The van der Waals surface area contributed by atoms with Crippen molar-refractivity contribution in [2.24, 2.45) is 34.5 Å². The molecule has 0 aromatic heterocycles. The first-order valence-corrected chi connectivity index (χ1v) is 17.6. The van der Waals surface area contributed by atoms with Crippen LogP contribution >= 0.6 is 0 Å². The van der Waals surface area contributed by atoms with Gasteiger partial charge in [0.15, 0.2) is 0 Å². The van der Waals surface area contributed by atoms with Gasteiger partial charge in [-0.2, -0.15) is 0 Å². The van der Waals surface area contributed by atoms with Crippen LogP contribution in [0.4, 0.5) is 0 Å². The molecule has 45 heavy (non-hydrogen) atoms. The molecule has 2 aliphatic heterocycles. The van der Waals surface area contributed by atoms with Crippen LogP contribution in [0.25, 0.3) is 0 Å². The number of nitrogens with zero attached hydrogens (tertiary/aromatic N) is 4. The summed E-state index contributed by atoms with van der Waals surface area (Å²) in [6.07, 6.45) is 8.22. The fourth-order valence-corrected chi connectivity index (χ4v) is 11.4. The van der Waals surface area contributed by atoms with Crippen molar-refractivity contribution >= 4 is 11.9 Å². The van der Waals surface area contributed by atoms with Crippen LogP contribution in [0.5, 0.6) is 0 Å². The second-order valence-electron chi connectivity index (χ2n) is 17.5. The molecular weight excluding hydrogens is 700 g/mol. The highest BCUT2D eigenvalue weighted by molar-refractivity contribution is 5.66. The van der Waals surface area contributed by atoms with Gasteiger partial charge in [0.1, 0.15) is 12.2 Å². The Kier molecular flexibility index (Phi) is 11.3. The van der Waals surface area contributed by atoms with Gasteiger partial charge in [-0.1, -0.05) is 13.8 Å². The monoisotopic (exact) mass is 760 g/mol. The van der Waals surface area contributed by atoms with Gasteiger partial charge in [-0.05, 0) is 74.0 Å². The first kappa shape index (κ1) is 37.6. The van der Waals surface area contributed by atoms with Gasteiger partial charge in [0.2, 0.25) is 0 Å². The fraction of sp³-hybridized carbons (Fsp3) is 0.943. The van der Waals surface area contributed by atoms with Gasteiger partial charge in [-0.25, -0.2) is 0 Å². The smallest absolute Gasteiger partial charge is 0.302 e. The van der Waals surface area contributed by atoms with Gasteiger partial charge in [0, 0.05) is 57.5 Å². The number of hydrogen-bond acceptors (Lipinski definition) is 6. The van der Waals surface area contributed by atoms with Gasteiger partial charge in [-0.3, -0.25) is 19.4 Å². The molecule has 4 saturated carbocycles. The van der Waals surface area contributed by atoms with Crippen molar-refractivity contribution in [3.05, 3.63) is 0 Å². The van der Waals surface area contributed by atoms with Crippen LogP contribution in [0.2, 0.25) is 0 Å². The molecule has 6 rings (SSSR count). The maximum absolute atomic E-state index is 12.5. The molecule has 8 nitrogen and oxygen atoms in total. The lowest BCUT2D eigenvalue weighted by Crippen LogP contribution is -3.00. The number of likely N-dealkylation sites (N-methyl/N-ethyl adjacent to an activating group) is 2. The van der Waals surface area contributed by atoms with E-state index < -0.39 is 0 Å². The summed E-state index contributed by atoms with van der Waals surface area (Å²) in [5.74, 6) is 2.35. The largest absolute Gasteiger partial charge is 1.00 e. The SMILES string of the molecule is CC(=O)O[C@H]1CC2CCC3C(CC[C@@]4(C)C3C[C@H](N3CC[N+](C)(C)CC3)[C@@H]4OC(C)=O)[C@@]2(C)C[C@@H]1N1CC[N+](C)(C)CC1.[Br-].[Br-]. The normalized spacial score (nSPS) is 44.2. The maximum atomic E-state index is 12.5. The number of halogens is 2. The summed E-state index contributed by atoms with van der Waals surface area (Å²) >= 11 is 0. The Morgan fingerprint density at radius 2 is 1.22 bits per heavy atom. The van der Waals surface area contributed by atoms with Crippen LogP contribution < -0.4 is 34.0 Å². The minimum atomic E-state index is -0.123. The van der Waals surface area contributed by atoms with Crippen molar-refractivity contribution in [1.82, 2.24) is 9.80 Å². The number of ether oxygens (including phenoxy) is 2. The molecule has 0 aromatic carbocycles. The molecule has 0 radical (unpaired) electrons. The zero-order chi connectivity index (χ0) is 30.9. The van der Waals surface area contributed by atoms with E-state index in [0.717, 1.165) is 80.6 Å². The third-order valence-corrected chi connectivity index (χ3v) is 14.1. The Hall–Kier alpha value is -0.260. The van der Waals surface area contributed by atoms with E-state index in [1.54, 1.807) is 13.8 Å². The van der Waals surface area contributed by atoms with E-state index in [1.807, 2.05) is 0 Å². The number of carbonyl (C=O) groups excluding carboxylic acids is 2. The molecule has 0 bridgehead atoms. The summed E-state index contributed by atoms with van der Waals surface area (Å²) in [6.45, 7) is 17.3. The second-order valence-corrected chi connectivity index (χ2v) is 17.5. The summed E-state index contributed by atoms with van der Waals surface area (Å²) in [6, 6.07) is 0.656. The lowest BCUT2D eigenvalue weighted by Gasteiger charge is -2.62. The number of carbonyl (C=O) groups is 2. The summed E-state index contributed by atoms with van der Waals surface area (Å²) < 4.78 is 14.6. The molecule has 0 spiro atoms. The van der Waals surface area contributed by atoms with Crippen molar-refractivity contribution in [3.63, 3.8) is 0 Å². The van der Waals surface area contributed by atoms with E-state index in [-0.39, 0.29) is 68.9 Å². The predicted octanol–water partition coefficient (Wildman–Crippen LogP) is -2.36. The van der Waals surface area contributed by atoms with Gasteiger partial charge in [-0.15, -0.1) is 0 Å². The van der Waals surface area contributed by atoms with Crippen LogP contribution in [-0.4, -0.2) is 136 Å². The van der Waals surface area contributed by atoms with Crippen molar-refractivity contribution in [2.75, 3.05) is 80.5 Å². The van der Waals surface area contributed by atoms with Gasteiger partial charge >= 0.3 is 11.9 Å². The van der Waals surface area contributed by atoms with E-state index in [4.69, 9.17) is 9.47 Å². The van der Waals surface area contributed by atoms with E-state index in [9.17, 15) is 9.59 Å². The van der Waals surface area contributed by atoms with Crippen molar-refractivity contribution in [3.8, 4) is 0 Å². The number of hydrogen-bond donors (Lipinski definition) is 0. The standard InChI is InChI=1S/C35H62N4O4.2BrH/c1-24(40)42-32-21-26-9-10-27-28(35(26,4)23-31(32)37-15-19-39(7,8)20-16-37)11-12-34(3)29(27)22-30(33(34)43-25(2)41)36-13-17-38(5,6)18-14-36;;/h26-33H,9-23H2,1-8H3;2*1H/q+2;;/p-2/t26?,27?,28?,29?,30-,31-,32-,33-,34-,35-;;/m0../s1. The molecule has 260 valence electrons. The third-order valence-electron chi connectivity index (χ3n) is 14.1. The Labute approximate surface area is 294 Å². The van der Waals surface area contributed by atoms with Gasteiger partial charge in [0.25, 0.3) is 0 Å². The molecule has 4 unspecified atom stereocenters. The predicted molar refractivity (Wildman–Crippen MR) is 168 cm³/mol. The van der Waals surface area contributed by atoms with Crippen LogP contribution in [0.3, 0.4) is 0 Å². The molecule has 0 aromatic rings. The first-order chi connectivity index (χ1) is 20.1. The zero-order valence-corrected chi connectivity index (χ0v) is 32.6. The summed E-state index contributed by atoms with van der Waals surface area (Å²) in [7, 11) is 9.36. The molecule has 2 saturated heterocycles. The minimum absolute atomic E-state index is 0. The molecule has 2 heterocycles. The highest BCUT2D eigenvalue weighted by Gasteiger charge is 2.65. The highest BCUT2D eigenvalue weighted by atomic mass is 79.9. The quantitative estimate of drug-likeness (QED) is 0.237. The second kappa shape index (κ2) is 13.6.